The van der Waals surface area contributed by atoms with Crippen molar-refractivity contribution in [2.75, 3.05) is 0 Å². The summed E-state index contributed by atoms with van der Waals surface area (Å²) < 4.78 is 8.30. The van der Waals surface area contributed by atoms with Crippen LogP contribution in [0, 0.1) is 0 Å². The third-order valence-corrected chi connectivity index (χ3v) is 0. The maximum absolute atomic E-state index is 8.30. The summed E-state index contributed by atoms with van der Waals surface area (Å²) in [6.45, 7) is 0. The van der Waals surface area contributed by atoms with E-state index < -0.39 is 0 Å². The summed E-state index contributed by atoms with van der Waals surface area (Å²) in [5.41, 5.74) is 0. The summed E-state index contributed by atoms with van der Waals surface area (Å²) in [5.74, 6) is 0. The van der Waals surface area contributed by atoms with Gasteiger partial charge in [0, 0.05) is 0 Å². The molecule has 0 aromatic rings. The minimum absolute atomic E-state index is 0. The summed E-state index contributed by atoms with van der Waals surface area (Å²) >= 11 is 0.500. The number of rotatable bonds is 0. The van der Waals surface area contributed by atoms with E-state index >= 15 is 0 Å². The summed E-state index contributed by atoms with van der Waals surface area (Å²) in [4.78, 5) is 0. The molecule has 0 N–H and O–H groups in total. The fourth-order valence-electron chi connectivity index (χ4n) is 0. The zero-order chi connectivity index (χ0) is 2.00. The molecule has 0 bridgehead atoms. The van der Waals surface area contributed by atoms with Crippen molar-refractivity contribution in [2.45, 2.75) is 0 Å². The van der Waals surface area contributed by atoms with Gasteiger partial charge in [0.25, 0.3) is 0 Å². The van der Waals surface area contributed by atoms with Crippen LogP contribution in [0.3, 0.4) is 0 Å². The van der Waals surface area contributed by atoms with Gasteiger partial charge in [0.2, 0.25) is 0 Å². The van der Waals surface area contributed by atoms with Gasteiger partial charge in [0.1, 0.15) is 0 Å². The van der Waals surface area contributed by atoms with Crippen LogP contribution >= 0.6 is 0 Å². The van der Waals surface area contributed by atoms with Crippen molar-refractivity contribution in [3.8, 4) is 0 Å². The Hall–Kier alpha value is 2.23. The first-order valence-corrected chi connectivity index (χ1v) is 1.08. The normalized spacial score (nSPS) is 0.750. The van der Waals surface area contributed by atoms with Crippen LogP contribution in [0.5, 0.6) is 0 Å². The number of hydrogen-bond donors (Lipinski definition) is 0. The van der Waals surface area contributed by atoms with E-state index in [0.29, 0.717) is 21.0 Å². The molecule has 0 saturated heterocycles. The molecule has 0 heterocycles. The predicted molar refractivity (Wildman–Crippen MR) is 17.2 cm³/mol. The van der Waals surface area contributed by atoms with Crippen molar-refractivity contribution in [1.29, 1.82) is 0 Å². The van der Waals surface area contributed by atoms with Crippen LogP contribution in [0.2, 0.25) is 0 Å². The topological polar surface area (TPSA) is 17.1 Å². The van der Waals surface area contributed by atoms with Crippen LogP contribution in [0.25, 0.3) is 0 Å². The van der Waals surface area contributed by atoms with Gasteiger partial charge in [-0.3, -0.25) is 0 Å². The van der Waals surface area contributed by atoms with Crippen LogP contribution in [-0.4, -0.2) is 50.4 Å². The summed E-state index contributed by atoms with van der Waals surface area (Å²) in [6, 6.07) is 0. The zero-order valence-corrected chi connectivity index (χ0v) is 11.4. The molecule has 2 radical (unpaired) electrons. The van der Waals surface area contributed by atoms with E-state index in [1.165, 1.54) is 0 Å². The second-order valence-electron chi connectivity index (χ2n) is 0. The van der Waals surface area contributed by atoms with E-state index in [1.54, 1.807) is 0 Å². The molecule has 0 rings (SSSR count). The molecule has 0 aliphatic rings. The molecule has 0 atom stereocenters. The van der Waals surface area contributed by atoms with Crippen LogP contribution in [0.4, 0.5) is 0 Å². The van der Waals surface area contributed by atoms with Gasteiger partial charge < -0.3 is 2.85 Å². The minimum atomic E-state index is 0. The molecule has 21 valence electrons. The van der Waals surface area contributed by atoms with Crippen molar-refractivity contribution in [3.05, 3.63) is 0 Å². The van der Waals surface area contributed by atoms with E-state index in [-0.39, 0.29) is 53.2 Å². The Morgan fingerprint density at radius 3 is 1.50 bits per heavy atom. The SMILES string of the molecule is [H-].[H-].[Mg+2].[O]=[Nb].[PbH2]. The van der Waals surface area contributed by atoms with Crippen LogP contribution < -0.4 is 0 Å². The molecule has 0 aromatic carbocycles. The Balaban J connectivity index is -0.000000000833. The van der Waals surface area contributed by atoms with E-state index in [9.17, 15) is 0 Å². The van der Waals surface area contributed by atoms with E-state index in [4.69, 9.17) is 3.25 Å². The third-order valence-electron chi connectivity index (χ3n) is 0. The molecule has 0 aliphatic carbocycles. The first kappa shape index (κ1) is 16.3. The molecule has 0 fully saturated rings. The molecule has 0 saturated carbocycles. The van der Waals surface area contributed by atoms with Crippen molar-refractivity contribution in [3.63, 3.8) is 0 Å². The Morgan fingerprint density at radius 1 is 1.50 bits per heavy atom. The monoisotopic (exact) mass is 345 g/mol. The average Bonchev–Trinajstić information content (AvgIpc) is 1.00. The van der Waals surface area contributed by atoms with Crippen LogP contribution in [-0.2, 0) is 24.3 Å². The fraction of sp³-hybridized carbons (Fsp3) is 0. The van der Waals surface area contributed by atoms with Gasteiger partial charge in [-0.15, -0.1) is 0 Å². The summed E-state index contributed by atoms with van der Waals surface area (Å²) in [7, 11) is 0. The second kappa shape index (κ2) is 18.8. The van der Waals surface area contributed by atoms with Gasteiger partial charge in [-0.05, 0) is 0 Å². The van der Waals surface area contributed by atoms with Crippen LogP contribution in [0.15, 0.2) is 0 Å². The second-order valence-corrected chi connectivity index (χ2v) is 0. The molecule has 4 heavy (non-hydrogen) atoms. The molecule has 0 aromatic heterocycles. The maximum atomic E-state index is 8.30. The van der Waals surface area contributed by atoms with Gasteiger partial charge in [-0.2, -0.15) is 0 Å². The van der Waals surface area contributed by atoms with E-state index in [1.807, 2.05) is 0 Å². The van der Waals surface area contributed by atoms with Crippen molar-refractivity contribution in [1.82, 2.24) is 0 Å². The summed E-state index contributed by atoms with van der Waals surface area (Å²) in [6.07, 6.45) is 0. The zero-order valence-electron chi connectivity index (χ0n) is 4.27. The van der Waals surface area contributed by atoms with Crippen molar-refractivity contribution < 1.29 is 27.1 Å². The Bertz CT molecular complexity index is 13.5. The van der Waals surface area contributed by atoms with Gasteiger partial charge in [-0.1, -0.05) is 0 Å². The Kier molecular flexibility index (Phi) is 76.9. The van der Waals surface area contributed by atoms with Gasteiger partial charge >= 0.3 is 74.6 Å². The molecule has 0 amide bonds. The molecule has 0 spiro atoms. The van der Waals surface area contributed by atoms with E-state index in [0.717, 1.165) is 0 Å². The molecule has 0 aliphatic heterocycles. The molecular weight excluding hydrogens is 340 g/mol. The Labute approximate surface area is 76.4 Å². The molecule has 1 nitrogen and oxygen atoms in total. The quantitative estimate of drug-likeness (QED) is 0.505. The van der Waals surface area contributed by atoms with E-state index in [2.05, 4.69) is 0 Å². The first-order valence-electron chi connectivity index (χ1n) is 0.183. The van der Waals surface area contributed by atoms with Crippen molar-refractivity contribution >= 4 is 50.4 Å². The van der Waals surface area contributed by atoms with Crippen molar-refractivity contribution in [2.24, 2.45) is 0 Å². The standard InChI is InChI=1S/Mg.Nb.O.Pb.4H/q+2;;;;;;2*-1. The predicted octanol–water partition coefficient (Wildman–Crippen LogP) is -1.19. The third kappa shape index (κ3) is 8.87. The summed E-state index contributed by atoms with van der Waals surface area (Å²) in [5, 5.41) is 0. The van der Waals surface area contributed by atoms with Crippen LogP contribution in [0.1, 0.15) is 2.85 Å². The molecule has 4 heteroatoms. The molecular formula is H4MgNbOPb. The van der Waals surface area contributed by atoms with Gasteiger partial charge in [0.15, 0.2) is 0 Å². The van der Waals surface area contributed by atoms with Gasteiger partial charge in [0.05, 0.1) is 0 Å². The van der Waals surface area contributed by atoms with Gasteiger partial charge in [-0.25, -0.2) is 0 Å². The average molecular weight is 344 g/mol. The first-order chi connectivity index (χ1) is 1.00. The Morgan fingerprint density at radius 2 is 1.50 bits per heavy atom. The molecule has 0 unspecified atom stereocenters. The number of hydrogen-bond acceptors (Lipinski definition) is 1. The fourth-order valence-corrected chi connectivity index (χ4v) is 0.